The smallest absolute Gasteiger partial charge is 0.300 e. The van der Waals surface area contributed by atoms with Gasteiger partial charge in [-0.15, -0.1) is 0 Å². The normalized spacial score (nSPS) is 18.1. The molecule has 2 aliphatic rings. The average Bonchev–Trinajstić information content (AvgIpc) is 3.20. The zero-order valence-electron chi connectivity index (χ0n) is 22.2. The number of aliphatic hydroxyl groups excluding tert-OH is 1. The fourth-order valence-electron chi connectivity index (χ4n) is 5.18. The molecule has 1 amide bonds. The van der Waals surface area contributed by atoms with Gasteiger partial charge in [0, 0.05) is 30.0 Å². The van der Waals surface area contributed by atoms with E-state index in [0.717, 1.165) is 35.5 Å². The van der Waals surface area contributed by atoms with E-state index >= 15 is 0 Å². The van der Waals surface area contributed by atoms with Gasteiger partial charge in [0.15, 0.2) is 11.5 Å². The molecular weight excluding hydrogens is 480 g/mol. The first-order valence-corrected chi connectivity index (χ1v) is 13.0. The fourth-order valence-corrected chi connectivity index (χ4v) is 5.18. The maximum Gasteiger partial charge on any atom is 0.300 e. The number of ether oxygens (including phenoxy) is 2. The number of hydrogen-bond donors (Lipinski definition) is 1. The molecule has 0 bridgehead atoms. The molecule has 7 nitrogen and oxygen atoms in total. The molecule has 1 unspecified atom stereocenters. The fraction of sp³-hybridized carbons (Fsp3) is 0.290. The Labute approximate surface area is 222 Å². The van der Waals surface area contributed by atoms with Crippen molar-refractivity contribution in [2.24, 2.45) is 0 Å². The van der Waals surface area contributed by atoms with Crippen molar-refractivity contribution in [1.82, 2.24) is 0 Å². The van der Waals surface area contributed by atoms with Crippen molar-refractivity contribution >= 4 is 28.8 Å². The van der Waals surface area contributed by atoms with Crippen molar-refractivity contribution in [3.63, 3.8) is 0 Å². The first-order chi connectivity index (χ1) is 18.3. The maximum absolute atomic E-state index is 13.6. The van der Waals surface area contributed by atoms with E-state index in [-0.39, 0.29) is 11.3 Å². The minimum atomic E-state index is -0.797. The Morgan fingerprint density at radius 3 is 2.29 bits per heavy atom. The van der Waals surface area contributed by atoms with E-state index in [0.29, 0.717) is 36.0 Å². The minimum Gasteiger partial charge on any atom is -0.507 e. The third kappa shape index (κ3) is 4.38. The lowest BCUT2D eigenvalue weighted by Crippen LogP contribution is -2.30. The van der Waals surface area contributed by atoms with Gasteiger partial charge in [-0.3, -0.25) is 14.5 Å². The van der Waals surface area contributed by atoms with Gasteiger partial charge in [0.25, 0.3) is 11.7 Å². The number of aryl methyl sites for hydroxylation is 2. The van der Waals surface area contributed by atoms with E-state index in [1.54, 1.807) is 18.2 Å². The van der Waals surface area contributed by atoms with Crippen molar-refractivity contribution in [2.45, 2.75) is 33.7 Å². The highest BCUT2D eigenvalue weighted by molar-refractivity contribution is 6.51. The van der Waals surface area contributed by atoms with Gasteiger partial charge in [-0.05, 0) is 80.8 Å². The number of anilines is 2. The number of amides is 1. The second-order valence-corrected chi connectivity index (χ2v) is 9.58. The van der Waals surface area contributed by atoms with E-state index in [2.05, 4.69) is 18.7 Å². The van der Waals surface area contributed by atoms with Crippen LogP contribution in [0.3, 0.4) is 0 Å². The van der Waals surface area contributed by atoms with Gasteiger partial charge in [-0.25, -0.2) is 0 Å². The van der Waals surface area contributed by atoms with Crippen LogP contribution < -0.4 is 19.3 Å². The number of ketones is 1. The monoisotopic (exact) mass is 512 g/mol. The molecule has 2 heterocycles. The second-order valence-electron chi connectivity index (χ2n) is 9.58. The molecule has 0 aliphatic carbocycles. The summed E-state index contributed by atoms with van der Waals surface area (Å²) < 4.78 is 11.3. The van der Waals surface area contributed by atoms with Crippen molar-refractivity contribution in [3.05, 3.63) is 88.5 Å². The lowest BCUT2D eigenvalue weighted by molar-refractivity contribution is -0.132. The number of nitrogens with zero attached hydrogens (tertiary/aromatic N) is 2. The number of benzene rings is 3. The predicted molar refractivity (Wildman–Crippen MR) is 148 cm³/mol. The highest BCUT2D eigenvalue weighted by atomic mass is 16.6. The van der Waals surface area contributed by atoms with Gasteiger partial charge in [0.1, 0.15) is 19.0 Å². The van der Waals surface area contributed by atoms with E-state index in [4.69, 9.17) is 9.47 Å². The summed E-state index contributed by atoms with van der Waals surface area (Å²) in [5.74, 6) is -0.575. The molecule has 0 saturated carbocycles. The standard InChI is InChI=1S/C31H32N2O5/c1-5-32(6-2)23-12-9-21(10-13-23)28-27(29(34)22-11-14-25-26(18-22)38-16-15-37-25)30(35)31(36)33(28)24-17-19(3)7-8-20(24)4/h7-14,17-18,28,34H,5-6,15-16H2,1-4H3/b29-27-. The van der Waals surface area contributed by atoms with Crippen molar-refractivity contribution < 1.29 is 24.2 Å². The van der Waals surface area contributed by atoms with Crippen LogP contribution in [0.25, 0.3) is 5.76 Å². The molecule has 38 heavy (non-hydrogen) atoms. The van der Waals surface area contributed by atoms with Crippen LogP contribution in [0.15, 0.2) is 66.2 Å². The molecule has 7 heteroatoms. The Morgan fingerprint density at radius 2 is 1.61 bits per heavy atom. The summed E-state index contributed by atoms with van der Waals surface area (Å²) in [6, 6.07) is 17.9. The van der Waals surface area contributed by atoms with Gasteiger partial charge in [-0.2, -0.15) is 0 Å². The van der Waals surface area contributed by atoms with Gasteiger partial charge in [0.05, 0.1) is 11.6 Å². The highest BCUT2D eigenvalue weighted by Gasteiger charge is 2.47. The molecule has 3 aromatic carbocycles. The van der Waals surface area contributed by atoms with Crippen LogP contribution in [-0.2, 0) is 9.59 Å². The second kappa shape index (κ2) is 10.2. The largest absolute Gasteiger partial charge is 0.507 e. The average molecular weight is 513 g/mol. The van der Waals surface area contributed by atoms with Gasteiger partial charge in [-0.1, -0.05) is 24.3 Å². The number of aliphatic hydroxyl groups is 1. The third-order valence-electron chi connectivity index (χ3n) is 7.22. The maximum atomic E-state index is 13.6. The Morgan fingerprint density at radius 1 is 0.921 bits per heavy atom. The Kier molecular flexibility index (Phi) is 6.85. The molecule has 0 aromatic heterocycles. The van der Waals surface area contributed by atoms with Crippen LogP contribution in [-0.4, -0.2) is 43.1 Å². The van der Waals surface area contributed by atoms with Crippen molar-refractivity contribution in [2.75, 3.05) is 36.1 Å². The lowest BCUT2D eigenvalue weighted by atomic mass is 9.94. The Bertz CT molecular complexity index is 1420. The van der Waals surface area contributed by atoms with Gasteiger partial charge < -0.3 is 19.5 Å². The summed E-state index contributed by atoms with van der Waals surface area (Å²) in [5, 5.41) is 11.5. The van der Waals surface area contributed by atoms with Crippen LogP contribution in [0.4, 0.5) is 11.4 Å². The molecular formula is C31H32N2O5. The number of fused-ring (bicyclic) bond motifs is 1. The van der Waals surface area contributed by atoms with Crippen molar-refractivity contribution in [1.29, 1.82) is 0 Å². The van der Waals surface area contributed by atoms with Gasteiger partial charge >= 0.3 is 0 Å². The molecule has 1 saturated heterocycles. The number of Topliss-reactive ketones (excluding diaryl/α,β-unsaturated/α-hetero) is 1. The molecule has 196 valence electrons. The molecule has 0 spiro atoms. The molecule has 3 aromatic rings. The molecule has 1 fully saturated rings. The molecule has 1 atom stereocenters. The summed E-state index contributed by atoms with van der Waals surface area (Å²) >= 11 is 0. The molecule has 2 aliphatic heterocycles. The quantitative estimate of drug-likeness (QED) is 0.265. The van der Waals surface area contributed by atoms with Crippen molar-refractivity contribution in [3.8, 4) is 11.5 Å². The zero-order chi connectivity index (χ0) is 27.0. The third-order valence-corrected chi connectivity index (χ3v) is 7.22. The van der Waals surface area contributed by atoms with E-state index in [9.17, 15) is 14.7 Å². The summed E-state index contributed by atoms with van der Waals surface area (Å²) in [7, 11) is 0. The van der Waals surface area contributed by atoms with Crippen LogP contribution in [0.2, 0.25) is 0 Å². The number of carbonyl (C=O) groups is 2. The topological polar surface area (TPSA) is 79.3 Å². The van der Waals surface area contributed by atoms with Crippen LogP contribution in [0.5, 0.6) is 11.5 Å². The number of hydrogen-bond acceptors (Lipinski definition) is 6. The van der Waals surface area contributed by atoms with Crippen LogP contribution >= 0.6 is 0 Å². The van der Waals surface area contributed by atoms with Gasteiger partial charge in [0.2, 0.25) is 0 Å². The van der Waals surface area contributed by atoms with Crippen LogP contribution in [0.1, 0.15) is 42.1 Å². The Hall–Kier alpha value is -4.26. The summed E-state index contributed by atoms with van der Waals surface area (Å²) in [4.78, 5) is 30.9. The first-order valence-electron chi connectivity index (χ1n) is 13.0. The van der Waals surface area contributed by atoms with E-state index < -0.39 is 17.7 Å². The predicted octanol–water partition coefficient (Wildman–Crippen LogP) is 5.55. The highest BCUT2D eigenvalue weighted by Crippen LogP contribution is 2.44. The summed E-state index contributed by atoms with van der Waals surface area (Å²) in [6.45, 7) is 10.6. The molecule has 1 N–H and O–H groups in total. The summed E-state index contributed by atoms with van der Waals surface area (Å²) in [6.07, 6.45) is 0. The number of carbonyl (C=O) groups excluding carboxylic acids is 2. The number of rotatable bonds is 6. The first kappa shape index (κ1) is 25.4. The van der Waals surface area contributed by atoms with Crippen LogP contribution in [0, 0.1) is 13.8 Å². The molecule has 5 rings (SSSR count). The van der Waals surface area contributed by atoms with E-state index in [1.165, 1.54) is 4.90 Å². The SMILES string of the molecule is CCN(CC)c1ccc(C2/C(=C(/O)c3ccc4c(c3)OCCO4)C(=O)C(=O)N2c2cc(C)ccc2C)cc1. The lowest BCUT2D eigenvalue weighted by Gasteiger charge is -2.28. The molecule has 0 radical (unpaired) electrons. The zero-order valence-corrected chi connectivity index (χ0v) is 22.2. The minimum absolute atomic E-state index is 0.0446. The Balaban J connectivity index is 1.68. The summed E-state index contributed by atoms with van der Waals surface area (Å²) in [5.41, 5.74) is 4.69. The van der Waals surface area contributed by atoms with E-state index in [1.807, 2.05) is 56.3 Å².